The summed E-state index contributed by atoms with van der Waals surface area (Å²) in [6, 6.07) is 3.53. The fourth-order valence-corrected chi connectivity index (χ4v) is 1.28. The topological polar surface area (TPSA) is 49.3 Å². The van der Waals surface area contributed by atoms with Gasteiger partial charge in [-0.2, -0.15) is 0 Å². The zero-order valence-electron chi connectivity index (χ0n) is 8.01. The first-order valence-electron chi connectivity index (χ1n) is 4.08. The van der Waals surface area contributed by atoms with Gasteiger partial charge in [-0.3, -0.25) is 4.79 Å². The number of carbonyl (C=O) groups is 1. The molecule has 0 bridgehead atoms. The fraction of sp³-hybridized carbons (Fsp3) is 0.300. The molecular formula is C10H13NO2. The summed E-state index contributed by atoms with van der Waals surface area (Å²) in [5, 5.41) is 12.1. The summed E-state index contributed by atoms with van der Waals surface area (Å²) in [7, 11) is 0. The van der Waals surface area contributed by atoms with Gasteiger partial charge in [0.2, 0.25) is 5.91 Å². The smallest absolute Gasteiger partial charge is 0.221 e. The van der Waals surface area contributed by atoms with Crippen LogP contribution in [0.1, 0.15) is 18.1 Å². The van der Waals surface area contributed by atoms with Crippen LogP contribution < -0.4 is 5.32 Å². The van der Waals surface area contributed by atoms with E-state index in [0.29, 0.717) is 5.69 Å². The number of aromatic hydroxyl groups is 1. The number of amides is 1. The van der Waals surface area contributed by atoms with Crippen molar-refractivity contribution in [2.24, 2.45) is 0 Å². The van der Waals surface area contributed by atoms with E-state index < -0.39 is 0 Å². The lowest BCUT2D eigenvalue weighted by Gasteiger charge is -2.09. The Morgan fingerprint density at radius 3 is 2.46 bits per heavy atom. The summed E-state index contributed by atoms with van der Waals surface area (Å²) in [6.07, 6.45) is 0. The molecule has 0 unspecified atom stereocenters. The van der Waals surface area contributed by atoms with Crippen LogP contribution in [0.25, 0.3) is 0 Å². The number of aryl methyl sites for hydroxylation is 2. The number of hydrogen-bond donors (Lipinski definition) is 2. The third kappa shape index (κ3) is 2.21. The number of phenols is 1. The summed E-state index contributed by atoms with van der Waals surface area (Å²) < 4.78 is 0. The van der Waals surface area contributed by atoms with Crippen LogP contribution in [0, 0.1) is 13.8 Å². The predicted octanol–water partition coefficient (Wildman–Crippen LogP) is 1.97. The summed E-state index contributed by atoms with van der Waals surface area (Å²) in [4.78, 5) is 10.8. The molecule has 0 fully saturated rings. The summed E-state index contributed by atoms with van der Waals surface area (Å²) >= 11 is 0. The Balaban J connectivity index is 3.13. The Hall–Kier alpha value is -1.51. The van der Waals surface area contributed by atoms with Gasteiger partial charge in [0.15, 0.2) is 0 Å². The third-order valence-electron chi connectivity index (χ3n) is 1.76. The van der Waals surface area contributed by atoms with Gasteiger partial charge < -0.3 is 10.4 Å². The van der Waals surface area contributed by atoms with Crippen LogP contribution in [-0.4, -0.2) is 11.0 Å². The zero-order chi connectivity index (χ0) is 10.0. The van der Waals surface area contributed by atoms with Gasteiger partial charge in [-0.15, -0.1) is 0 Å². The van der Waals surface area contributed by atoms with Gasteiger partial charge in [-0.1, -0.05) is 6.07 Å². The first-order chi connectivity index (χ1) is 6.00. The van der Waals surface area contributed by atoms with Crippen molar-refractivity contribution in [2.75, 3.05) is 5.32 Å². The highest BCUT2D eigenvalue weighted by atomic mass is 16.3. The van der Waals surface area contributed by atoms with Crippen LogP contribution in [0.15, 0.2) is 12.1 Å². The van der Waals surface area contributed by atoms with Gasteiger partial charge in [-0.25, -0.2) is 0 Å². The highest BCUT2D eigenvalue weighted by Crippen LogP contribution is 2.28. The second kappa shape index (κ2) is 3.47. The SMILES string of the molecule is CC(=O)Nc1c(C)cc(C)cc1O. The predicted molar refractivity (Wildman–Crippen MR) is 51.9 cm³/mol. The van der Waals surface area contributed by atoms with E-state index in [2.05, 4.69) is 5.32 Å². The maximum atomic E-state index is 10.8. The van der Waals surface area contributed by atoms with E-state index in [9.17, 15) is 9.90 Å². The molecule has 70 valence electrons. The van der Waals surface area contributed by atoms with E-state index >= 15 is 0 Å². The molecule has 0 aliphatic heterocycles. The molecule has 3 nitrogen and oxygen atoms in total. The minimum Gasteiger partial charge on any atom is -0.506 e. The van der Waals surface area contributed by atoms with Crippen LogP contribution in [0.4, 0.5) is 5.69 Å². The first-order valence-corrected chi connectivity index (χ1v) is 4.08. The van der Waals surface area contributed by atoms with Gasteiger partial charge in [0.1, 0.15) is 5.75 Å². The number of anilines is 1. The molecule has 1 aromatic carbocycles. The van der Waals surface area contributed by atoms with Crippen LogP contribution in [0.3, 0.4) is 0 Å². The zero-order valence-corrected chi connectivity index (χ0v) is 8.01. The molecule has 2 N–H and O–H groups in total. The molecule has 0 aromatic heterocycles. The summed E-state index contributed by atoms with van der Waals surface area (Å²) in [6.45, 7) is 5.15. The van der Waals surface area contributed by atoms with Crippen LogP contribution >= 0.6 is 0 Å². The third-order valence-corrected chi connectivity index (χ3v) is 1.76. The Kier molecular flexibility index (Phi) is 2.56. The normalized spacial score (nSPS) is 9.77. The van der Waals surface area contributed by atoms with E-state index in [4.69, 9.17) is 0 Å². The van der Waals surface area contributed by atoms with Crippen molar-refractivity contribution < 1.29 is 9.90 Å². The lowest BCUT2D eigenvalue weighted by Crippen LogP contribution is -2.07. The van der Waals surface area contributed by atoms with Crippen molar-refractivity contribution in [3.63, 3.8) is 0 Å². The molecule has 13 heavy (non-hydrogen) atoms. The molecule has 3 heteroatoms. The minimum atomic E-state index is -0.178. The fourth-order valence-electron chi connectivity index (χ4n) is 1.28. The molecular weight excluding hydrogens is 166 g/mol. The average molecular weight is 179 g/mol. The molecule has 1 rings (SSSR count). The Morgan fingerprint density at radius 1 is 1.38 bits per heavy atom. The first kappa shape index (κ1) is 9.58. The van der Waals surface area contributed by atoms with Gasteiger partial charge in [0.25, 0.3) is 0 Å². The summed E-state index contributed by atoms with van der Waals surface area (Å²) in [5.74, 6) is -0.0602. The Labute approximate surface area is 77.4 Å². The van der Waals surface area contributed by atoms with E-state index in [-0.39, 0.29) is 11.7 Å². The maximum Gasteiger partial charge on any atom is 0.221 e. The van der Waals surface area contributed by atoms with Crippen molar-refractivity contribution in [2.45, 2.75) is 20.8 Å². The number of phenolic OH excluding ortho intramolecular Hbond substituents is 1. The molecule has 0 saturated carbocycles. The Morgan fingerprint density at radius 2 is 2.00 bits per heavy atom. The standard InChI is InChI=1S/C10H13NO2/c1-6-4-7(2)10(9(13)5-6)11-8(3)12/h4-5,13H,1-3H3,(H,11,12). The van der Waals surface area contributed by atoms with Gasteiger partial charge >= 0.3 is 0 Å². The highest BCUT2D eigenvalue weighted by Gasteiger charge is 2.06. The average Bonchev–Trinajstić information content (AvgIpc) is 1.96. The largest absolute Gasteiger partial charge is 0.506 e. The van der Waals surface area contributed by atoms with Crippen LogP contribution in [-0.2, 0) is 4.79 Å². The van der Waals surface area contributed by atoms with Crippen LogP contribution in [0.2, 0.25) is 0 Å². The number of hydrogen-bond acceptors (Lipinski definition) is 2. The van der Waals surface area contributed by atoms with Crippen molar-refractivity contribution in [3.05, 3.63) is 23.3 Å². The molecule has 0 aliphatic carbocycles. The van der Waals surface area contributed by atoms with Gasteiger partial charge in [-0.05, 0) is 31.0 Å². The minimum absolute atomic E-state index is 0.118. The second-order valence-corrected chi connectivity index (χ2v) is 3.16. The maximum absolute atomic E-state index is 10.8. The quantitative estimate of drug-likeness (QED) is 0.647. The molecule has 0 spiro atoms. The van der Waals surface area contributed by atoms with E-state index in [0.717, 1.165) is 11.1 Å². The molecule has 1 amide bonds. The lowest BCUT2D eigenvalue weighted by atomic mass is 10.1. The van der Waals surface area contributed by atoms with E-state index in [1.165, 1.54) is 6.92 Å². The number of rotatable bonds is 1. The van der Waals surface area contributed by atoms with Crippen molar-refractivity contribution >= 4 is 11.6 Å². The molecule has 0 heterocycles. The monoisotopic (exact) mass is 179 g/mol. The van der Waals surface area contributed by atoms with Gasteiger partial charge in [0, 0.05) is 6.92 Å². The second-order valence-electron chi connectivity index (χ2n) is 3.16. The number of benzene rings is 1. The molecule has 0 atom stereocenters. The van der Waals surface area contributed by atoms with E-state index in [1.54, 1.807) is 6.07 Å². The van der Waals surface area contributed by atoms with Gasteiger partial charge in [0.05, 0.1) is 5.69 Å². The van der Waals surface area contributed by atoms with E-state index in [1.807, 2.05) is 19.9 Å². The molecule has 0 radical (unpaired) electrons. The number of carbonyl (C=O) groups excluding carboxylic acids is 1. The van der Waals surface area contributed by atoms with Crippen LogP contribution in [0.5, 0.6) is 5.75 Å². The van der Waals surface area contributed by atoms with Crippen molar-refractivity contribution in [1.29, 1.82) is 0 Å². The highest BCUT2D eigenvalue weighted by molar-refractivity contribution is 5.91. The molecule has 1 aromatic rings. The van der Waals surface area contributed by atoms with Crippen molar-refractivity contribution in [1.82, 2.24) is 0 Å². The van der Waals surface area contributed by atoms with Crippen molar-refractivity contribution in [3.8, 4) is 5.75 Å². The number of nitrogens with one attached hydrogen (secondary N) is 1. The molecule has 0 saturated heterocycles. The Bertz CT molecular complexity index is 322. The molecule has 0 aliphatic rings. The summed E-state index contributed by atoms with van der Waals surface area (Å²) in [5.41, 5.74) is 2.34. The lowest BCUT2D eigenvalue weighted by molar-refractivity contribution is -0.114.